The van der Waals surface area contributed by atoms with Crippen LogP contribution in [0.15, 0.2) is 4.99 Å². The first kappa shape index (κ1) is 12.3. The minimum atomic E-state index is 0.0795. The molecule has 3 heteroatoms. The van der Waals surface area contributed by atoms with E-state index in [0.29, 0.717) is 0 Å². The zero-order valence-electron chi connectivity index (χ0n) is 10.7. The minimum absolute atomic E-state index is 0.0795. The molecule has 0 heterocycles. The summed E-state index contributed by atoms with van der Waals surface area (Å²) in [7, 11) is 0. The predicted octanol–water partition coefficient (Wildman–Crippen LogP) is 2.00. The van der Waals surface area contributed by atoms with Gasteiger partial charge in [0.05, 0.1) is 0 Å². The third kappa shape index (κ3) is 5.05. The van der Waals surface area contributed by atoms with E-state index in [2.05, 4.69) is 50.2 Å². The van der Waals surface area contributed by atoms with Crippen LogP contribution < -0.4 is 10.6 Å². The zero-order valence-corrected chi connectivity index (χ0v) is 10.7. The lowest BCUT2D eigenvalue weighted by Crippen LogP contribution is -2.47. The van der Waals surface area contributed by atoms with Crippen molar-refractivity contribution in [3.8, 4) is 0 Å². The van der Waals surface area contributed by atoms with Gasteiger partial charge in [-0.15, -0.1) is 0 Å². The quantitative estimate of drug-likeness (QED) is 0.553. The van der Waals surface area contributed by atoms with Gasteiger partial charge in [0.15, 0.2) is 5.96 Å². The second kappa shape index (κ2) is 4.86. The van der Waals surface area contributed by atoms with Gasteiger partial charge in [-0.1, -0.05) is 6.92 Å². The highest BCUT2D eigenvalue weighted by Crippen LogP contribution is 2.37. The Kier molecular flexibility index (Phi) is 4.00. The minimum Gasteiger partial charge on any atom is -0.357 e. The molecule has 2 N–H and O–H groups in total. The molecule has 3 nitrogen and oxygen atoms in total. The van der Waals surface area contributed by atoms with Crippen molar-refractivity contribution in [3.05, 3.63) is 0 Å². The number of nitrogens with one attached hydrogen (secondary N) is 2. The summed E-state index contributed by atoms with van der Waals surface area (Å²) < 4.78 is 0. The molecule has 0 radical (unpaired) electrons. The van der Waals surface area contributed by atoms with Crippen LogP contribution in [0.2, 0.25) is 0 Å². The normalized spacial score (nSPS) is 26.3. The molecule has 0 aliphatic heterocycles. The molecule has 0 aromatic carbocycles. The van der Waals surface area contributed by atoms with Crippen molar-refractivity contribution in [1.29, 1.82) is 0 Å². The summed E-state index contributed by atoms with van der Waals surface area (Å²) >= 11 is 0. The largest absolute Gasteiger partial charge is 0.357 e. The molecule has 0 spiro atoms. The number of nitrogens with zero attached hydrogens (tertiary/aromatic N) is 1. The summed E-state index contributed by atoms with van der Waals surface area (Å²) in [5.74, 6) is 2.65. The summed E-state index contributed by atoms with van der Waals surface area (Å²) in [5, 5.41) is 6.67. The Morgan fingerprint density at radius 1 is 1.40 bits per heavy atom. The number of aliphatic imine (C=N–C) groups is 1. The van der Waals surface area contributed by atoms with Gasteiger partial charge in [-0.2, -0.15) is 0 Å². The Bertz CT molecular complexity index is 228. The number of hydrogen-bond acceptors (Lipinski definition) is 1. The van der Waals surface area contributed by atoms with Gasteiger partial charge < -0.3 is 10.6 Å². The van der Waals surface area contributed by atoms with Crippen molar-refractivity contribution in [2.24, 2.45) is 16.8 Å². The summed E-state index contributed by atoms with van der Waals surface area (Å²) in [5.41, 5.74) is 0.0795. The standard InChI is InChI=1S/C12H25N3/c1-6-13-11(15-12(3,4)5)14-8-10-7-9(10)2/h9-10H,6-8H2,1-5H3,(H2,13,14,15). The number of rotatable bonds is 3. The molecule has 2 atom stereocenters. The molecule has 0 aromatic heterocycles. The number of hydrogen-bond donors (Lipinski definition) is 2. The third-order valence-electron chi connectivity index (χ3n) is 2.60. The fraction of sp³-hybridized carbons (Fsp3) is 0.917. The van der Waals surface area contributed by atoms with Crippen LogP contribution in [0, 0.1) is 11.8 Å². The first-order valence-corrected chi connectivity index (χ1v) is 5.99. The van der Waals surface area contributed by atoms with Crippen LogP contribution in [0.1, 0.15) is 41.0 Å². The van der Waals surface area contributed by atoms with E-state index in [-0.39, 0.29) is 5.54 Å². The van der Waals surface area contributed by atoms with Gasteiger partial charge in [0.2, 0.25) is 0 Å². The first-order valence-electron chi connectivity index (χ1n) is 5.99. The van der Waals surface area contributed by atoms with Crippen molar-refractivity contribution in [2.45, 2.75) is 46.6 Å². The highest BCUT2D eigenvalue weighted by atomic mass is 15.2. The average Bonchev–Trinajstić information content (AvgIpc) is 2.76. The van der Waals surface area contributed by atoms with Crippen LogP contribution in [0.5, 0.6) is 0 Å². The topological polar surface area (TPSA) is 36.4 Å². The lowest BCUT2D eigenvalue weighted by Gasteiger charge is -2.23. The molecule has 0 amide bonds. The first-order chi connectivity index (χ1) is 6.92. The van der Waals surface area contributed by atoms with Gasteiger partial charge in [-0.3, -0.25) is 4.99 Å². The lowest BCUT2D eigenvalue weighted by atomic mass is 10.1. The monoisotopic (exact) mass is 211 g/mol. The Morgan fingerprint density at radius 3 is 2.40 bits per heavy atom. The fourth-order valence-electron chi connectivity index (χ4n) is 1.52. The molecule has 1 saturated carbocycles. The van der Waals surface area contributed by atoms with E-state index in [4.69, 9.17) is 0 Å². The predicted molar refractivity (Wildman–Crippen MR) is 66.1 cm³/mol. The number of guanidine groups is 1. The zero-order chi connectivity index (χ0) is 11.5. The van der Waals surface area contributed by atoms with Crippen LogP contribution in [0.25, 0.3) is 0 Å². The second-order valence-corrected chi connectivity index (χ2v) is 5.57. The van der Waals surface area contributed by atoms with Crippen LogP contribution in [0.3, 0.4) is 0 Å². The Morgan fingerprint density at radius 2 is 2.00 bits per heavy atom. The molecule has 2 unspecified atom stereocenters. The van der Waals surface area contributed by atoms with Gasteiger partial charge in [-0.05, 0) is 46.0 Å². The summed E-state index contributed by atoms with van der Waals surface area (Å²) in [6.45, 7) is 12.7. The Labute approximate surface area is 93.7 Å². The highest BCUT2D eigenvalue weighted by Gasteiger charge is 2.32. The molecule has 0 bridgehead atoms. The molecule has 1 aliphatic rings. The van der Waals surface area contributed by atoms with E-state index in [1.165, 1.54) is 6.42 Å². The van der Waals surface area contributed by atoms with E-state index in [1.54, 1.807) is 0 Å². The van der Waals surface area contributed by atoms with Crippen LogP contribution in [0.4, 0.5) is 0 Å². The molecule has 1 rings (SSSR count). The van der Waals surface area contributed by atoms with Gasteiger partial charge in [0, 0.05) is 18.6 Å². The molecule has 1 fully saturated rings. The molecular formula is C12H25N3. The van der Waals surface area contributed by atoms with Crippen LogP contribution >= 0.6 is 0 Å². The second-order valence-electron chi connectivity index (χ2n) is 5.57. The van der Waals surface area contributed by atoms with E-state index in [0.717, 1.165) is 30.9 Å². The summed E-state index contributed by atoms with van der Waals surface area (Å²) in [4.78, 5) is 4.61. The SMILES string of the molecule is CCNC(=NCC1CC1C)NC(C)(C)C. The van der Waals surface area contributed by atoms with E-state index >= 15 is 0 Å². The molecule has 88 valence electrons. The average molecular weight is 211 g/mol. The highest BCUT2D eigenvalue weighted by molar-refractivity contribution is 5.80. The van der Waals surface area contributed by atoms with Gasteiger partial charge in [0.1, 0.15) is 0 Å². The van der Waals surface area contributed by atoms with Crippen molar-refractivity contribution < 1.29 is 0 Å². The maximum absolute atomic E-state index is 4.61. The molecule has 0 aromatic rings. The maximum atomic E-state index is 4.61. The Balaban J connectivity index is 2.41. The van der Waals surface area contributed by atoms with E-state index in [1.807, 2.05) is 0 Å². The van der Waals surface area contributed by atoms with Gasteiger partial charge in [0.25, 0.3) is 0 Å². The molecule has 0 saturated heterocycles. The molecular weight excluding hydrogens is 186 g/mol. The summed E-state index contributed by atoms with van der Waals surface area (Å²) in [6.07, 6.45) is 1.35. The van der Waals surface area contributed by atoms with Crippen molar-refractivity contribution in [2.75, 3.05) is 13.1 Å². The fourth-order valence-corrected chi connectivity index (χ4v) is 1.52. The van der Waals surface area contributed by atoms with Gasteiger partial charge in [-0.25, -0.2) is 0 Å². The Hall–Kier alpha value is -0.730. The molecule has 15 heavy (non-hydrogen) atoms. The van der Waals surface area contributed by atoms with Crippen LogP contribution in [-0.2, 0) is 0 Å². The maximum Gasteiger partial charge on any atom is 0.191 e. The van der Waals surface area contributed by atoms with Gasteiger partial charge >= 0.3 is 0 Å². The molecule has 1 aliphatic carbocycles. The lowest BCUT2D eigenvalue weighted by molar-refractivity contribution is 0.501. The smallest absolute Gasteiger partial charge is 0.191 e. The van der Waals surface area contributed by atoms with Crippen molar-refractivity contribution >= 4 is 5.96 Å². The van der Waals surface area contributed by atoms with Crippen molar-refractivity contribution in [1.82, 2.24) is 10.6 Å². The summed E-state index contributed by atoms with van der Waals surface area (Å²) in [6, 6.07) is 0. The van der Waals surface area contributed by atoms with Crippen molar-refractivity contribution in [3.63, 3.8) is 0 Å². The van der Waals surface area contributed by atoms with E-state index in [9.17, 15) is 0 Å². The van der Waals surface area contributed by atoms with E-state index < -0.39 is 0 Å². The van der Waals surface area contributed by atoms with Crippen LogP contribution in [-0.4, -0.2) is 24.6 Å². The third-order valence-corrected chi connectivity index (χ3v) is 2.60.